The molecule has 0 unspecified atom stereocenters. The Balaban J connectivity index is 2.00. The Morgan fingerprint density at radius 1 is 1.31 bits per heavy atom. The van der Waals surface area contributed by atoms with Crippen molar-refractivity contribution in [3.8, 4) is 6.07 Å². The molecule has 2 saturated heterocycles. The molecule has 2 bridgehead atoms. The van der Waals surface area contributed by atoms with E-state index in [2.05, 4.69) is 18.0 Å². The minimum absolute atomic E-state index is 0.691. The van der Waals surface area contributed by atoms with Gasteiger partial charge in [0.15, 0.2) is 0 Å². The average molecular weight is 178 g/mol. The molecule has 0 aliphatic carbocycles. The number of fused-ring (bicyclic) bond motifs is 2. The smallest absolute Gasteiger partial charge is 0.0624 e. The summed E-state index contributed by atoms with van der Waals surface area (Å²) in [5.41, 5.74) is 0. The van der Waals surface area contributed by atoms with Gasteiger partial charge < -0.3 is 4.90 Å². The zero-order valence-electron chi connectivity index (χ0n) is 8.37. The third kappa shape index (κ3) is 1.71. The van der Waals surface area contributed by atoms with E-state index in [1.165, 1.54) is 32.1 Å². The summed E-state index contributed by atoms with van der Waals surface area (Å²) >= 11 is 0. The largest absolute Gasteiger partial charge is 0.300 e. The van der Waals surface area contributed by atoms with Crippen LogP contribution in [-0.2, 0) is 0 Å². The van der Waals surface area contributed by atoms with E-state index in [1.54, 1.807) is 0 Å². The van der Waals surface area contributed by atoms with Gasteiger partial charge in [-0.15, -0.1) is 0 Å². The van der Waals surface area contributed by atoms with E-state index in [-0.39, 0.29) is 0 Å². The molecule has 2 aliphatic rings. The summed E-state index contributed by atoms with van der Waals surface area (Å²) in [6.07, 6.45) is 7.42. The highest BCUT2D eigenvalue weighted by molar-refractivity contribution is 4.93. The van der Waals surface area contributed by atoms with E-state index in [9.17, 15) is 0 Å². The second-order valence-corrected chi connectivity index (χ2v) is 4.60. The Bertz CT molecular complexity index is 205. The average Bonchev–Trinajstić information content (AvgIpc) is 2.07. The van der Waals surface area contributed by atoms with Gasteiger partial charge in [-0.1, -0.05) is 6.42 Å². The molecule has 0 radical (unpaired) electrons. The van der Waals surface area contributed by atoms with Gasteiger partial charge in [-0.2, -0.15) is 5.26 Å². The molecule has 2 heteroatoms. The molecule has 3 atom stereocenters. The van der Waals surface area contributed by atoms with Gasteiger partial charge in [-0.25, -0.2) is 0 Å². The first kappa shape index (κ1) is 9.02. The van der Waals surface area contributed by atoms with Crippen LogP contribution in [0.4, 0.5) is 0 Å². The first-order valence-corrected chi connectivity index (χ1v) is 5.40. The van der Waals surface area contributed by atoms with Crippen molar-refractivity contribution in [3.63, 3.8) is 0 Å². The molecule has 0 spiro atoms. The minimum atomic E-state index is 0.691. The van der Waals surface area contributed by atoms with Crippen LogP contribution in [-0.4, -0.2) is 24.0 Å². The molecule has 0 saturated carbocycles. The highest BCUT2D eigenvalue weighted by atomic mass is 15.2. The zero-order chi connectivity index (χ0) is 9.26. The van der Waals surface area contributed by atoms with Crippen molar-refractivity contribution in [1.29, 1.82) is 5.26 Å². The van der Waals surface area contributed by atoms with Crippen LogP contribution in [0.1, 0.15) is 38.5 Å². The van der Waals surface area contributed by atoms with Crippen molar-refractivity contribution in [2.45, 2.75) is 50.6 Å². The van der Waals surface area contributed by atoms with Gasteiger partial charge in [0.05, 0.1) is 6.07 Å². The number of piperidine rings is 2. The Morgan fingerprint density at radius 2 is 1.92 bits per heavy atom. The van der Waals surface area contributed by atoms with Crippen molar-refractivity contribution in [3.05, 3.63) is 0 Å². The van der Waals surface area contributed by atoms with E-state index in [0.29, 0.717) is 5.92 Å². The predicted molar refractivity (Wildman–Crippen MR) is 52.1 cm³/mol. The molecular formula is C11H18N2. The van der Waals surface area contributed by atoms with Gasteiger partial charge in [0.1, 0.15) is 0 Å². The van der Waals surface area contributed by atoms with Crippen molar-refractivity contribution in [2.75, 3.05) is 7.05 Å². The molecule has 72 valence electrons. The van der Waals surface area contributed by atoms with Gasteiger partial charge in [0, 0.05) is 18.5 Å². The lowest BCUT2D eigenvalue weighted by Gasteiger charge is -2.46. The van der Waals surface area contributed by atoms with Crippen molar-refractivity contribution < 1.29 is 0 Å². The van der Waals surface area contributed by atoms with E-state index in [1.807, 2.05) is 0 Å². The molecule has 0 aromatic carbocycles. The molecule has 0 amide bonds. The van der Waals surface area contributed by atoms with Gasteiger partial charge in [0.2, 0.25) is 0 Å². The number of rotatable bonds is 1. The van der Waals surface area contributed by atoms with Crippen LogP contribution in [0.3, 0.4) is 0 Å². The molecule has 2 fully saturated rings. The fraction of sp³-hybridized carbons (Fsp3) is 0.909. The molecule has 0 aromatic heterocycles. The number of nitriles is 1. The van der Waals surface area contributed by atoms with Crippen LogP contribution in [0, 0.1) is 17.2 Å². The SMILES string of the molecule is CN1[C@@H]2CCC[C@H]1C[C@H](CC#N)C2. The predicted octanol–water partition coefficient (Wildman–Crippen LogP) is 2.16. The van der Waals surface area contributed by atoms with Crippen LogP contribution in [0.5, 0.6) is 0 Å². The molecule has 2 aliphatic heterocycles. The van der Waals surface area contributed by atoms with E-state index in [4.69, 9.17) is 5.26 Å². The third-order valence-corrected chi connectivity index (χ3v) is 3.82. The highest BCUT2D eigenvalue weighted by Crippen LogP contribution is 2.36. The summed E-state index contributed by atoms with van der Waals surface area (Å²) in [4.78, 5) is 2.55. The Hall–Kier alpha value is -0.550. The summed E-state index contributed by atoms with van der Waals surface area (Å²) < 4.78 is 0. The van der Waals surface area contributed by atoms with Gasteiger partial charge in [-0.3, -0.25) is 0 Å². The van der Waals surface area contributed by atoms with Crippen LogP contribution in [0.25, 0.3) is 0 Å². The second kappa shape index (κ2) is 3.67. The maximum Gasteiger partial charge on any atom is 0.0624 e. The van der Waals surface area contributed by atoms with Gasteiger partial charge in [-0.05, 0) is 38.6 Å². The lowest BCUT2D eigenvalue weighted by molar-refractivity contribution is 0.0378. The number of hydrogen-bond donors (Lipinski definition) is 0. The van der Waals surface area contributed by atoms with Crippen LogP contribution in [0.15, 0.2) is 0 Å². The molecule has 2 heterocycles. The summed E-state index contributed by atoms with van der Waals surface area (Å²) in [5, 5.41) is 8.68. The molecule has 13 heavy (non-hydrogen) atoms. The first-order valence-electron chi connectivity index (χ1n) is 5.40. The lowest BCUT2D eigenvalue weighted by atomic mass is 9.78. The van der Waals surface area contributed by atoms with E-state index in [0.717, 1.165) is 18.5 Å². The van der Waals surface area contributed by atoms with Crippen LogP contribution < -0.4 is 0 Å². The fourth-order valence-corrected chi connectivity index (χ4v) is 3.02. The van der Waals surface area contributed by atoms with Crippen molar-refractivity contribution >= 4 is 0 Å². The summed E-state index contributed by atoms with van der Waals surface area (Å²) in [7, 11) is 2.26. The quantitative estimate of drug-likeness (QED) is 0.615. The standard InChI is InChI=1S/C11H18N2/c1-13-10-3-2-4-11(13)8-9(7-10)5-6-12/h9-11H,2-5,7-8H2,1H3/t9-,10-,11+. The summed E-state index contributed by atoms with van der Waals surface area (Å²) in [5.74, 6) is 0.691. The Kier molecular flexibility index (Phi) is 2.55. The molecular weight excluding hydrogens is 160 g/mol. The van der Waals surface area contributed by atoms with E-state index < -0.39 is 0 Å². The monoisotopic (exact) mass is 178 g/mol. The Labute approximate surface area is 80.5 Å². The summed E-state index contributed by atoms with van der Waals surface area (Å²) in [6, 6.07) is 3.89. The number of nitrogens with zero attached hydrogens (tertiary/aromatic N) is 2. The highest BCUT2D eigenvalue weighted by Gasteiger charge is 2.35. The molecule has 2 nitrogen and oxygen atoms in total. The fourth-order valence-electron chi connectivity index (χ4n) is 3.02. The van der Waals surface area contributed by atoms with Gasteiger partial charge in [0.25, 0.3) is 0 Å². The zero-order valence-corrected chi connectivity index (χ0v) is 8.37. The maximum absolute atomic E-state index is 8.68. The van der Waals surface area contributed by atoms with Gasteiger partial charge >= 0.3 is 0 Å². The normalized spacial score (nSPS) is 39.8. The van der Waals surface area contributed by atoms with Crippen LogP contribution in [0.2, 0.25) is 0 Å². The van der Waals surface area contributed by atoms with Crippen molar-refractivity contribution in [1.82, 2.24) is 4.90 Å². The Morgan fingerprint density at radius 3 is 2.46 bits per heavy atom. The molecule has 0 N–H and O–H groups in total. The molecule has 0 aromatic rings. The summed E-state index contributed by atoms with van der Waals surface area (Å²) in [6.45, 7) is 0. The topological polar surface area (TPSA) is 27.0 Å². The number of hydrogen-bond acceptors (Lipinski definition) is 2. The maximum atomic E-state index is 8.68. The van der Waals surface area contributed by atoms with Crippen LogP contribution >= 0.6 is 0 Å². The van der Waals surface area contributed by atoms with Crippen molar-refractivity contribution in [2.24, 2.45) is 5.92 Å². The third-order valence-electron chi connectivity index (χ3n) is 3.82. The second-order valence-electron chi connectivity index (χ2n) is 4.60. The van der Waals surface area contributed by atoms with E-state index >= 15 is 0 Å². The minimum Gasteiger partial charge on any atom is -0.300 e. The first-order chi connectivity index (χ1) is 6.31. The lowest BCUT2D eigenvalue weighted by Crippen LogP contribution is -2.49. The molecule has 2 rings (SSSR count).